The maximum atomic E-state index is 12.8. The number of carbonyl (C=O) groups excluding carboxylic acids is 1. The first-order valence-electron chi connectivity index (χ1n) is 9.68. The molecule has 3 nitrogen and oxygen atoms in total. The first-order chi connectivity index (χ1) is 12.5. The van der Waals surface area contributed by atoms with Gasteiger partial charge in [0, 0.05) is 24.5 Å². The van der Waals surface area contributed by atoms with E-state index in [4.69, 9.17) is 11.6 Å². The molecule has 0 spiro atoms. The van der Waals surface area contributed by atoms with Crippen LogP contribution in [0.3, 0.4) is 0 Å². The van der Waals surface area contributed by atoms with Gasteiger partial charge in [-0.1, -0.05) is 49.1 Å². The Labute approximate surface area is 162 Å². The van der Waals surface area contributed by atoms with E-state index >= 15 is 0 Å². The molecule has 1 aromatic carbocycles. The summed E-state index contributed by atoms with van der Waals surface area (Å²) in [7, 11) is 0. The molecule has 3 rings (SSSR count). The third-order valence-corrected chi connectivity index (χ3v) is 5.52. The fourth-order valence-corrected chi connectivity index (χ4v) is 4.06. The van der Waals surface area contributed by atoms with Crippen LogP contribution in [0.25, 0.3) is 0 Å². The van der Waals surface area contributed by atoms with Crippen molar-refractivity contribution in [3.8, 4) is 0 Å². The first-order valence-corrected chi connectivity index (χ1v) is 10.1. The summed E-state index contributed by atoms with van der Waals surface area (Å²) in [5.74, 6) is 0.0573. The molecule has 2 aromatic rings. The SMILES string of the molecule is Cc1cccc(Cn2cccc2CN(C(=O)[C@@H](C)Cl)C2CCCCC2)c1. The predicted octanol–water partition coefficient (Wildman–Crippen LogP) is 5.13. The number of hydrogen-bond donors (Lipinski definition) is 0. The number of aromatic nitrogens is 1. The molecule has 1 fully saturated rings. The van der Waals surface area contributed by atoms with Gasteiger partial charge < -0.3 is 9.47 Å². The number of benzene rings is 1. The van der Waals surface area contributed by atoms with Gasteiger partial charge in [0.25, 0.3) is 0 Å². The van der Waals surface area contributed by atoms with Gasteiger partial charge in [0.15, 0.2) is 0 Å². The van der Waals surface area contributed by atoms with Crippen LogP contribution >= 0.6 is 11.6 Å². The van der Waals surface area contributed by atoms with Crippen LogP contribution in [0, 0.1) is 6.92 Å². The van der Waals surface area contributed by atoms with Crippen molar-refractivity contribution in [1.29, 1.82) is 0 Å². The fourth-order valence-electron chi connectivity index (χ4n) is 3.94. The Bertz CT molecular complexity index is 731. The molecule has 4 heteroatoms. The van der Waals surface area contributed by atoms with Crippen molar-refractivity contribution < 1.29 is 4.79 Å². The van der Waals surface area contributed by atoms with Crippen LogP contribution in [0.1, 0.15) is 55.8 Å². The molecule has 1 heterocycles. The van der Waals surface area contributed by atoms with Crippen molar-refractivity contribution in [2.45, 2.75) is 70.5 Å². The van der Waals surface area contributed by atoms with Crippen LogP contribution in [-0.2, 0) is 17.9 Å². The van der Waals surface area contributed by atoms with Crippen LogP contribution in [0.5, 0.6) is 0 Å². The highest BCUT2D eigenvalue weighted by atomic mass is 35.5. The Morgan fingerprint density at radius 2 is 2.00 bits per heavy atom. The molecule has 0 unspecified atom stereocenters. The second-order valence-electron chi connectivity index (χ2n) is 7.49. The van der Waals surface area contributed by atoms with Gasteiger partial charge in [-0.25, -0.2) is 0 Å². The second kappa shape index (κ2) is 8.77. The third-order valence-electron chi connectivity index (χ3n) is 5.33. The van der Waals surface area contributed by atoms with Gasteiger partial charge in [0.1, 0.15) is 5.38 Å². The highest BCUT2D eigenvalue weighted by molar-refractivity contribution is 6.30. The summed E-state index contributed by atoms with van der Waals surface area (Å²) >= 11 is 6.17. The van der Waals surface area contributed by atoms with E-state index in [9.17, 15) is 4.79 Å². The number of rotatable bonds is 6. The fraction of sp³-hybridized carbons (Fsp3) is 0.500. The lowest BCUT2D eigenvalue weighted by Gasteiger charge is -2.35. The van der Waals surface area contributed by atoms with E-state index in [2.05, 4.69) is 54.1 Å². The average Bonchev–Trinajstić information content (AvgIpc) is 3.06. The molecule has 1 aliphatic rings. The number of alkyl halides is 1. The number of amides is 1. The second-order valence-corrected chi connectivity index (χ2v) is 8.15. The van der Waals surface area contributed by atoms with Crippen LogP contribution in [-0.4, -0.2) is 26.8 Å². The molecule has 0 aliphatic heterocycles. The molecular weight excluding hydrogens is 344 g/mol. The maximum Gasteiger partial charge on any atom is 0.240 e. The topological polar surface area (TPSA) is 25.2 Å². The van der Waals surface area contributed by atoms with Gasteiger partial charge in [-0.3, -0.25) is 4.79 Å². The molecule has 0 radical (unpaired) electrons. The summed E-state index contributed by atoms with van der Waals surface area (Å²) in [6.45, 7) is 5.36. The maximum absolute atomic E-state index is 12.8. The zero-order valence-corrected chi connectivity index (χ0v) is 16.6. The van der Waals surface area contributed by atoms with Crippen molar-refractivity contribution >= 4 is 17.5 Å². The molecule has 140 valence electrons. The van der Waals surface area contributed by atoms with Crippen molar-refractivity contribution in [1.82, 2.24) is 9.47 Å². The minimum atomic E-state index is -0.475. The minimum absolute atomic E-state index is 0.0573. The summed E-state index contributed by atoms with van der Waals surface area (Å²) < 4.78 is 2.25. The van der Waals surface area contributed by atoms with Crippen molar-refractivity contribution in [2.24, 2.45) is 0 Å². The van der Waals surface area contributed by atoms with Crippen molar-refractivity contribution in [3.63, 3.8) is 0 Å². The van der Waals surface area contributed by atoms with Crippen LogP contribution < -0.4 is 0 Å². The lowest BCUT2D eigenvalue weighted by atomic mass is 9.94. The summed E-state index contributed by atoms with van der Waals surface area (Å²) in [5, 5.41) is -0.475. The zero-order chi connectivity index (χ0) is 18.5. The molecular formula is C22H29ClN2O. The molecule has 1 amide bonds. The number of aryl methyl sites for hydroxylation is 1. The number of halogens is 1. The molecule has 0 saturated heterocycles. The third kappa shape index (κ3) is 4.70. The Morgan fingerprint density at radius 3 is 2.69 bits per heavy atom. The summed E-state index contributed by atoms with van der Waals surface area (Å²) in [4.78, 5) is 14.8. The Morgan fingerprint density at radius 1 is 1.23 bits per heavy atom. The van der Waals surface area contributed by atoms with E-state index in [0.717, 1.165) is 19.4 Å². The van der Waals surface area contributed by atoms with Crippen LogP contribution in [0.2, 0.25) is 0 Å². The van der Waals surface area contributed by atoms with Crippen molar-refractivity contribution in [3.05, 3.63) is 59.4 Å². The van der Waals surface area contributed by atoms with E-state index in [1.807, 2.05) is 4.90 Å². The van der Waals surface area contributed by atoms with Gasteiger partial charge in [-0.05, 0) is 44.4 Å². The smallest absolute Gasteiger partial charge is 0.240 e. The van der Waals surface area contributed by atoms with E-state index in [1.54, 1.807) is 6.92 Å². The van der Waals surface area contributed by atoms with Gasteiger partial charge in [-0.2, -0.15) is 0 Å². The predicted molar refractivity (Wildman–Crippen MR) is 107 cm³/mol. The van der Waals surface area contributed by atoms with Gasteiger partial charge in [0.05, 0.1) is 6.54 Å². The monoisotopic (exact) mass is 372 g/mol. The Hall–Kier alpha value is -1.74. The van der Waals surface area contributed by atoms with E-state index in [-0.39, 0.29) is 5.91 Å². The molecule has 0 N–H and O–H groups in total. The number of hydrogen-bond acceptors (Lipinski definition) is 1. The molecule has 1 saturated carbocycles. The van der Waals surface area contributed by atoms with E-state index in [0.29, 0.717) is 12.6 Å². The molecule has 1 aromatic heterocycles. The van der Waals surface area contributed by atoms with Gasteiger partial charge in [-0.15, -0.1) is 11.6 Å². The van der Waals surface area contributed by atoms with E-state index < -0.39 is 5.38 Å². The Balaban J connectivity index is 1.78. The van der Waals surface area contributed by atoms with Crippen LogP contribution in [0.4, 0.5) is 0 Å². The summed E-state index contributed by atoms with van der Waals surface area (Å²) in [6.07, 6.45) is 7.97. The van der Waals surface area contributed by atoms with Gasteiger partial charge in [0.2, 0.25) is 5.91 Å². The first kappa shape index (κ1) is 19.0. The lowest BCUT2D eigenvalue weighted by Crippen LogP contribution is -2.44. The lowest BCUT2D eigenvalue weighted by molar-refractivity contribution is -0.134. The normalized spacial score (nSPS) is 16.4. The zero-order valence-electron chi connectivity index (χ0n) is 15.8. The molecule has 26 heavy (non-hydrogen) atoms. The molecule has 1 aliphatic carbocycles. The summed E-state index contributed by atoms with van der Waals surface area (Å²) in [5.41, 5.74) is 3.72. The highest BCUT2D eigenvalue weighted by Crippen LogP contribution is 2.26. The number of nitrogens with zero attached hydrogens (tertiary/aromatic N) is 2. The number of carbonyl (C=O) groups is 1. The molecule has 1 atom stereocenters. The quantitative estimate of drug-likeness (QED) is 0.645. The molecule has 0 bridgehead atoms. The standard InChI is InChI=1S/C22H29ClN2O/c1-17-8-6-9-19(14-17)15-24-13-7-12-21(24)16-25(22(26)18(2)23)20-10-4-3-5-11-20/h6-9,12-14,18,20H,3-5,10-11,15-16H2,1-2H3/t18-/m1/s1. The largest absolute Gasteiger partial charge is 0.345 e. The highest BCUT2D eigenvalue weighted by Gasteiger charge is 2.28. The Kier molecular flexibility index (Phi) is 6.42. The average molecular weight is 373 g/mol. The van der Waals surface area contributed by atoms with Gasteiger partial charge >= 0.3 is 0 Å². The minimum Gasteiger partial charge on any atom is -0.345 e. The van der Waals surface area contributed by atoms with Crippen molar-refractivity contribution in [2.75, 3.05) is 0 Å². The summed E-state index contributed by atoms with van der Waals surface area (Å²) in [6, 6.07) is 13.1. The van der Waals surface area contributed by atoms with Crippen LogP contribution in [0.15, 0.2) is 42.6 Å². The van der Waals surface area contributed by atoms with E-state index in [1.165, 1.54) is 36.1 Å².